The molecule has 3 nitrogen and oxygen atoms in total. The second-order valence-corrected chi connectivity index (χ2v) is 6.14. The molecule has 0 amide bonds. The molecule has 2 N–H and O–H groups in total. The van der Waals surface area contributed by atoms with Crippen molar-refractivity contribution in [3.8, 4) is 0 Å². The molecule has 0 saturated carbocycles. The monoisotopic (exact) mass is 290 g/mol. The van der Waals surface area contributed by atoms with E-state index in [1.165, 1.54) is 36.1 Å². The van der Waals surface area contributed by atoms with Crippen LogP contribution in [0.15, 0.2) is 18.2 Å². The van der Waals surface area contributed by atoms with Crippen molar-refractivity contribution in [2.24, 2.45) is 0 Å². The van der Waals surface area contributed by atoms with Crippen LogP contribution in [0.4, 0.5) is 5.69 Å². The minimum Gasteiger partial charge on any atom is -0.396 e. The average Bonchev–Trinajstić information content (AvgIpc) is 2.95. The SMILES string of the molecule is CCCNCc1ccc(N2CCCC2CCCO)cc1C. The molecule has 0 aromatic heterocycles. The highest BCUT2D eigenvalue weighted by molar-refractivity contribution is 5.52. The van der Waals surface area contributed by atoms with E-state index in [0.29, 0.717) is 12.6 Å². The molecule has 1 heterocycles. The lowest BCUT2D eigenvalue weighted by atomic mass is 10.1. The normalized spacial score (nSPS) is 18.4. The lowest BCUT2D eigenvalue weighted by molar-refractivity contribution is 0.279. The second kappa shape index (κ2) is 8.40. The summed E-state index contributed by atoms with van der Waals surface area (Å²) in [6, 6.07) is 7.49. The fraction of sp³-hybridized carbons (Fsp3) is 0.667. The van der Waals surface area contributed by atoms with E-state index in [2.05, 4.69) is 42.3 Å². The Kier molecular flexibility index (Phi) is 6.52. The van der Waals surface area contributed by atoms with E-state index in [1.807, 2.05) is 0 Å². The standard InChI is InChI=1S/C18H30N2O/c1-3-10-19-14-16-8-9-18(13-15(16)2)20-11-4-6-17(20)7-5-12-21/h8-9,13,17,19,21H,3-7,10-12,14H2,1-2H3. The van der Waals surface area contributed by atoms with Crippen molar-refractivity contribution in [2.75, 3.05) is 24.6 Å². The van der Waals surface area contributed by atoms with Gasteiger partial charge in [0.2, 0.25) is 0 Å². The Morgan fingerprint density at radius 2 is 2.24 bits per heavy atom. The molecule has 0 radical (unpaired) electrons. The number of nitrogens with zero attached hydrogens (tertiary/aromatic N) is 1. The molecule has 1 saturated heterocycles. The zero-order valence-electron chi connectivity index (χ0n) is 13.6. The van der Waals surface area contributed by atoms with Gasteiger partial charge in [-0.15, -0.1) is 0 Å². The van der Waals surface area contributed by atoms with Crippen molar-refractivity contribution >= 4 is 5.69 Å². The number of aliphatic hydroxyl groups is 1. The number of benzene rings is 1. The van der Waals surface area contributed by atoms with E-state index in [0.717, 1.165) is 32.5 Å². The second-order valence-electron chi connectivity index (χ2n) is 6.14. The van der Waals surface area contributed by atoms with Gasteiger partial charge in [0.1, 0.15) is 0 Å². The third kappa shape index (κ3) is 4.45. The molecule has 1 fully saturated rings. The van der Waals surface area contributed by atoms with Gasteiger partial charge in [-0.1, -0.05) is 13.0 Å². The van der Waals surface area contributed by atoms with E-state index in [-0.39, 0.29) is 0 Å². The number of anilines is 1. The van der Waals surface area contributed by atoms with E-state index >= 15 is 0 Å². The first-order chi connectivity index (χ1) is 10.3. The van der Waals surface area contributed by atoms with Crippen molar-refractivity contribution in [1.29, 1.82) is 0 Å². The molecule has 21 heavy (non-hydrogen) atoms. The number of nitrogens with one attached hydrogen (secondary N) is 1. The van der Waals surface area contributed by atoms with Crippen LogP contribution in [0.3, 0.4) is 0 Å². The van der Waals surface area contributed by atoms with Crippen LogP contribution in [0.2, 0.25) is 0 Å². The minimum absolute atomic E-state index is 0.311. The summed E-state index contributed by atoms with van der Waals surface area (Å²) in [5.41, 5.74) is 4.13. The third-order valence-corrected chi connectivity index (χ3v) is 4.47. The Morgan fingerprint density at radius 1 is 1.38 bits per heavy atom. The van der Waals surface area contributed by atoms with E-state index in [1.54, 1.807) is 0 Å². The number of rotatable bonds is 8. The Labute approximate surface area is 129 Å². The van der Waals surface area contributed by atoms with Crippen LogP contribution < -0.4 is 10.2 Å². The quantitative estimate of drug-likeness (QED) is 0.722. The van der Waals surface area contributed by atoms with Gasteiger partial charge in [0.05, 0.1) is 0 Å². The van der Waals surface area contributed by atoms with Crippen LogP contribution in [-0.4, -0.2) is 30.8 Å². The van der Waals surface area contributed by atoms with Gasteiger partial charge < -0.3 is 15.3 Å². The van der Waals surface area contributed by atoms with Crippen molar-refractivity contribution in [2.45, 2.75) is 58.5 Å². The molecule has 1 aromatic rings. The van der Waals surface area contributed by atoms with Crippen LogP contribution >= 0.6 is 0 Å². The zero-order valence-corrected chi connectivity index (χ0v) is 13.6. The summed E-state index contributed by atoms with van der Waals surface area (Å²) in [7, 11) is 0. The molecule has 1 atom stereocenters. The minimum atomic E-state index is 0.311. The largest absolute Gasteiger partial charge is 0.396 e. The maximum Gasteiger partial charge on any atom is 0.0431 e. The topological polar surface area (TPSA) is 35.5 Å². The third-order valence-electron chi connectivity index (χ3n) is 4.47. The van der Waals surface area contributed by atoms with E-state index in [4.69, 9.17) is 5.11 Å². The first-order valence-corrected chi connectivity index (χ1v) is 8.44. The molecule has 0 spiro atoms. The summed E-state index contributed by atoms with van der Waals surface area (Å²) in [6.45, 7) is 7.92. The van der Waals surface area contributed by atoms with Gasteiger partial charge in [-0.25, -0.2) is 0 Å². The van der Waals surface area contributed by atoms with Crippen LogP contribution in [0.25, 0.3) is 0 Å². The molecule has 0 bridgehead atoms. The van der Waals surface area contributed by atoms with Gasteiger partial charge in [0, 0.05) is 31.4 Å². The van der Waals surface area contributed by atoms with Gasteiger partial charge in [-0.05, 0) is 68.8 Å². The van der Waals surface area contributed by atoms with Gasteiger partial charge in [-0.2, -0.15) is 0 Å². The van der Waals surface area contributed by atoms with Crippen molar-refractivity contribution in [3.05, 3.63) is 29.3 Å². The summed E-state index contributed by atoms with van der Waals surface area (Å²) in [5.74, 6) is 0. The molecule has 1 aliphatic heterocycles. The van der Waals surface area contributed by atoms with Crippen LogP contribution in [0, 0.1) is 6.92 Å². The predicted octanol–water partition coefficient (Wildman–Crippen LogP) is 3.24. The zero-order chi connectivity index (χ0) is 15.1. The van der Waals surface area contributed by atoms with E-state index in [9.17, 15) is 0 Å². The summed E-state index contributed by atoms with van der Waals surface area (Å²) in [6.07, 6.45) is 5.74. The van der Waals surface area contributed by atoms with Crippen molar-refractivity contribution < 1.29 is 5.11 Å². The Bertz CT molecular complexity index is 433. The highest BCUT2D eigenvalue weighted by Crippen LogP contribution is 2.29. The Balaban J connectivity index is 2.01. The molecule has 0 aliphatic carbocycles. The lowest BCUT2D eigenvalue weighted by Crippen LogP contribution is -2.29. The predicted molar refractivity (Wildman–Crippen MR) is 89.9 cm³/mol. The summed E-state index contributed by atoms with van der Waals surface area (Å²) in [4.78, 5) is 2.53. The van der Waals surface area contributed by atoms with Crippen LogP contribution in [0.1, 0.15) is 50.2 Å². The lowest BCUT2D eigenvalue weighted by Gasteiger charge is -2.27. The number of hydrogen-bond donors (Lipinski definition) is 2. The van der Waals surface area contributed by atoms with Crippen molar-refractivity contribution in [3.63, 3.8) is 0 Å². The van der Waals surface area contributed by atoms with Crippen LogP contribution in [0.5, 0.6) is 0 Å². The van der Waals surface area contributed by atoms with E-state index < -0.39 is 0 Å². The smallest absolute Gasteiger partial charge is 0.0431 e. The molecule has 2 rings (SSSR count). The molecule has 1 aromatic carbocycles. The van der Waals surface area contributed by atoms with Gasteiger partial charge in [0.15, 0.2) is 0 Å². The Hall–Kier alpha value is -1.06. The summed E-state index contributed by atoms with van der Waals surface area (Å²) >= 11 is 0. The average molecular weight is 290 g/mol. The number of aryl methyl sites for hydroxylation is 1. The van der Waals surface area contributed by atoms with Crippen molar-refractivity contribution in [1.82, 2.24) is 5.32 Å². The molecular formula is C18H30N2O. The summed E-state index contributed by atoms with van der Waals surface area (Å²) < 4.78 is 0. The van der Waals surface area contributed by atoms with Gasteiger partial charge in [-0.3, -0.25) is 0 Å². The van der Waals surface area contributed by atoms with Gasteiger partial charge >= 0.3 is 0 Å². The van der Waals surface area contributed by atoms with Crippen LogP contribution in [-0.2, 0) is 6.54 Å². The maximum absolute atomic E-state index is 9.04. The van der Waals surface area contributed by atoms with Gasteiger partial charge in [0.25, 0.3) is 0 Å². The molecular weight excluding hydrogens is 260 g/mol. The Morgan fingerprint density at radius 3 is 2.95 bits per heavy atom. The maximum atomic E-state index is 9.04. The molecule has 3 heteroatoms. The number of aliphatic hydroxyl groups excluding tert-OH is 1. The molecule has 118 valence electrons. The fourth-order valence-electron chi connectivity index (χ4n) is 3.26. The molecule has 1 aliphatic rings. The first-order valence-electron chi connectivity index (χ1n) is 8.44. The highest BCUT2D eigenvalue weighted by atomic mass is 16.2. The summed E-state index contributed by atoms with van der Waals surface area (Å²) in [5, 5.41) is 12.5. The highest BCUT2D eigenvalue weighted by Gasteiger charge is 2.24. The fourth-order valence-corrected chi connectivity index (χ4v) is 3.26. The first kappa shape index (κ1) is 16.3. The number of hydrogen-bond acceptors (Lipinski definition) is 3. The molecule has 1 unspecified atom stereocenters.